The Morgan fingerprint density at radius 3 is 2.10 bits per heavy atom. The van der Waals surface area contributed by atoms with Crippen molar-refractivity contribution in [1.82, 2.24) is 0 Å². The molecular formula is C16H27NO4. The lowest BCUT2D eigenvalue weighted by atomic mass is 9.70. The summed E-state index contributed by atoms with van der Waals surface area (Å²) in [5.41, 5.74) is -1.46. The van der Waals surface area contributed by atoms with Crippen molar-refractivity contribution in [2.45, 2.75) is 53.9 Å². The van der Waals surface area contributed by atoms with Gasteiger partial charge in [0.25, 0.3) is 0 Å². The molecule has 0 amide bonds. The zero-order chi connectivity index (χ0) is 16.5. The molecule has 0 saturated carbocycles. The highest BCUT2D eigenvalue weighted by Gasteiger charge is 2.51. The van der Waals surface area contributed by atoms with E-state index in [0.29, 0.717) is 19.3 Å². The van der Waals surface area contributed by atoms with Crippen molar-refractivity contribution in [3.63, 3.8) is 0 Å². The van der Waals surface area contributed by atoms with E-state index in [0.717, 1.165) is 0 Å². The van der Waals surface area contributed by atoms with Gasteiger partial charge in [0, 0.05) is 0 Å². The van der Waals surface area contributed by atoms with E-state index in [1.54, 1.807) is 13.8 Å². The van der Waals surface area contributed by atoms with Crippen LogP contribution in [0.1, 0.15) is 53.9 Å². The number of ether oxygens (including phenoxy) is 2. The molecule has 0 aliphatic heterocycles. The predicted octanol–water partition coefficient (Wildman–Crippen LogP) is 3.08. The monoisotopic (exact) mass is 297 g/mol. The first-order valence-corrected chi connectivity index (χ1v) is 7.64. The molecule has 0 aromatic heterocycles. The number of esters is 2. The fourth-order valence-corrected chi connectivity index (χ4v) is 2.47. The van der Waals surface area contributed by atoms with E-state index in [2.05, 4.69) is 6.07 Å². The summed E-state index contributed by atoms with van der Waals surface area (Å²) in [6, 6.07) is 2.07. The molecule has 0 rings (SSSR count). The number of rotatable bonds is 9. The second-order valence-corrected chi connectivity index (χ2v) is 5.49. The lowest BCUT2D eigenvalue weighted by Crippen LogP contribution is -2.44. The number of hydrogen-bond acceptors (Lipinski definition) is 5. The van der Waals surface area contributed by atoms with Crippen molar-refractivity contribution in [3.05, 3.63) is 0 Å². The van der Waals surface area contributed by atoms with Gasteiger partial charge in [0.05, 0.1) is 25.2 Å². The Kier molecular flexibility index (Phi) is 8.68. The first kappa shape index (κ1) is 19.4. The third kappa shape index (κ3) is 5.04. The van der Waals surface area contributed by atoms with Gasteiger partial charge >= 0.3 is 11.9 Å². The lowest BCUT2D eigenvalue weighted by Gasteiger charge is -2.32. The zero-order valence-electron chi connectivity index (χ0n) is 13.8. The highest BCUT2D eigenvalue weighted by Crippen LogP contribution is 2.39. The van der Waals surface area contributed by atoms with E-state index in [-0.39, 0.29) is 19.1 Å². The maximum atomic E-state index is 12.4. The minimum Gasteiger partial charge on any atom is -0.466 e. The Morgan fingerprint density at radius 2 is 1.71 bits per heavy atom. The molecule has 0 spiro atoms. The number of nitrogens with zero attached hydrogens (tertiary/aromatic N) is 1. The van der Waals surface area contributed by atoms with Crippen LogP contribution >= 0.6 is 0 Å². The van der Waals surface area contributed by atoms with Crippen LogP contribution in [0.2, 0.25) is 0 Å². The Hall–Kier alpha value is -1.57. The van der Waals surface area contributed by atoms with Gasteiger partial charge in [0.2, 0.25) is 0 Å². The molecule has 5 heteroatoms. The third-order valence-electron chi connectivity index (χ3n) is 3.36. The summed E-state index contributed by atoms with van der Waals surface area (Å²) < 4.78 is 10.2. The zero-order valence-corrected chi connectivity index (χ0v) is 13.8. The van der Waals surface area contributed by atoms with Gasteiger partial charge in [-0.15, -0.1) is 0 Å². The van der Waals surface area contributed by atoms with Crippen LogP contribution in [-0.4, -0.2) is 25.2 Å². The van der Waals surface area contributed by atoms with Gasteiger partial charge in [-0.3, -0.25) is 9.59 Å². The van der Waals surface area contributed by atoms with Crippen molar-refractivity contribution in [3.8, 4) is 6.07 Å². The number of nitriles is 1. The molecule has 120 valence electrons. The van der Waals surface area contributed by atoms with Crippen molar-refractivity contribution < 1.29 is 19.1 Å². The van der Waals surface area contributed by atoms with Gasteiger partial charge in [-0.05, 0) is 32.6 Å². The predicted molar refractivity (Wildman–Crippen MR) is 79.2 cm³/mol. The smallest absolute Gasteiger partial charge is 0.327 e. The molecule has 21 heavy (non-hydrogen) atoms. The van der Waals surface area contributed by atoms with Crippen molar-refractivity contribution in [2.75, 3.05) is 13.2 Å². The minimum atomic E-state index is -1.46. The summed E-state index contributed by atoms with van der Waals surface area (Å²) in [6.45, 7) is 9.59. The maximum absolute atomic E-state index is 12.4. The Morgan fingerprint density at radius 1 is 1.14 bits per heavy atom. The first-order valence-electron chi connectivity index (χ1n) is 7.64. The summed E-state index contributed by atoms with van der Waals surface area (Å²) in [5, 5.41) is 9.65. The summed E-state index contributed by atoms with van der Waals surface area (Å²) in [4.78, 5) is 24.7. The molecule has 5 nitrogen and oxygen atoms in total. The molecule has 2 atom stereocenters. The van der Waals surface area contributed by atoms with Gasteiger partial charge in [-0.25, -0.2) is 0 Å². The lowest BCUT2D eigenvalue weighted by molar-refractivity contribution is -0.166. The van der Waals surface area contributed by atoms with Crippen LogP contribution in [0.4, 0.5) is 0 Å². The maximum Gasteiger partial charge on any atom is 0.327 e. The average molecular weight is 297 g/mol. The summed E-state index contributed by atoms with van der Waals surface area (Å²) in [6.07, 6.45) is 1.32. The summed E-state index contributed by atoms with van der Waals surface area (Å²) in [5.74, 6) is -1.73. The van der Waals surface area contributed by atoms with Crippen LogP contribution in [0.3, 0.4) is 0 Å². The van der Waals surface area contributed by atoms with Crippen molar-refractivity contribution >= 4 is 11.9 Å². The standard InChI is InChI=1S/C16H27NO4/c1-6-9-16(11-17,15(19)21-8-3)13(10-12(4)5)14(18)20-7-2/h12-13H,6-10H2,1-5H3. The van der Waals surface area contributed by atoms with E-state index in [1.807, 2.05) is 20.8 Å². The van der Waals surface area contributed by atoms with Gasteiger partial charge in [0.15, 0.2) is 5.41 Å². The molecule has 0 radical (unpaired) electrons. The normalized spacial score (nSPS) is 14.9. The van der Waals surface area contributed by atoms with Crippen molar-refractivity contribution in [1.29, 1.82) is 5.26 Å². The van der Waals surface area contributed by atoms with Crippen LogP contribution in [0.5, 0.6) is 0 Å². The SMILES string of the molecule is CCCC(C#N)(C(=O)OCC)C(CC(C)C)C(=O)OCC. The Labute approximate surface area is 127 Å². The molecule has 0 N–H and O–H groups in total. The van der Waals surface area contributed by atoms with Gasteiger partial charge < -0.3 is 9.47 Å². The second-order valence-electron chi connectivity index (χ2n) is 5.49. The number of hydrogen-bond donors (Lipinski definition) is 0. The Bertz CT molecular complexity index is 386. The second kappa shape index (κ2) is 9.38. The van der Waals surface area contributed by atoms with Crippen LogP contribution < -0.4 is 0 Å². The summed E-state index contributed by atoms with van der Waals surface area (Å²) in [7, 11) is 0. The van der Waals surface area contributed by atoms with E-state index in [1.165, 1.54) is 0 Å². The van der Waals surface area contributed by atoms with Crippen LogP contribution in [-0.2, 0) is 19.1 Å². The molecule has 0 fully saturated rings. The molecule has 0 aliphatic rings. The molecule has 0 saturated heterocycles. The van der Waals surface area contributed by atoms with Crippen LogP contribution in [0.15, 0.2) is 0 Å². The highest BCUT2D eigenvalue weighted by atomic mass is 16.5. The highest BCUT2D eigenvalue weighted by molar-refractivity contribution is 5.88. The largest absolute Gasteiger partial charge is 0.466 e. The molecule has 2 unspecified atom stereocenters. The van der Waals surface area contributed by atoms with Gasteiger partial charge in [0.1, 0.15) is 0 Å². The van der Waals surface area contributed by atoms with E-state index >= 15 is 0 Å². The average Bonchev–Trinajstić information content (AvgIpc) is 2.42. The first-order chi connectivity index (χ1) is 9.89. The molecule has 0 aromatic carbocycles. The quantitative estimate of drug-likeness (QED) is 0.611. The van der Waals surface area contributed by atoms with Gasteiger partial charge in [-0.1, -0.05) is 27.2 Å². The number of carbonyl (C=O) groups excluding carboxylic acids is 2. The molecule has 0 aliphatic carbocycles. The fraction of sp³-hybridized carbons (Fsp3) is 0.812. The molecular weight excluding hydrogens is 270 g/mol. The van der Waals surface area contributed by atoms with Crippen molar-refractivity contribution in [2.24, 2.45) is 17.3 Å². The van der Waals surface area contributed by atoms with Gasteiger partial charge in [-0.2, -0.15) is 5.26 Å². The van der Waals surface area contributed by atoms with E-state index in [4.69, 9.17) is 9.47 Å². The third-order valence-corrected chi connectivity index (χ3v) is 3.36. The summed E-state index contributed by atoms with van der Waals surface area (Å²) >= 11 is 0. The van der Waals surface area contributed by atoms with E-state index in [9.17, 15) is 14.9 Å². The molecule has 0 aromatic rings. The van der Waals surface area contributed by atoms with Crippen LogP contribution in [0.25, 0.3) is 0 Å². The minimum absolute atomic E-state index is 0.165. The van der Waals surface area contributed by atoms with Crippen LogP contribution in [0, 0.1) is 28.6 Å². The topological polar surface area (TPSA) is 76.4 Å². The number of carbonyl (C=O) groups is 2. The Balaban J connectivity index is 5.70. The molecule has 0 heterocycles. The fourth-order valence-electron chi connectivity index (χ4n) is 2.47. The molecule has 0 bridgehead atoms. The van der Waals surface area contributed by atoms with E-state index < -0.39 is 23.3 Å².